The van der Waals surface area contributed by atoms with Crippen LogP contribution in [0, 0.1) is 0 Å². The van der Waals surface area contributed by atoms with Crippen molar-refractivity contribution in [3.8, 4) is 0 Å². The number of anilines is 1. The van der Waals surface area contributed by atoms with Crippen LogP contribution < -0.4 is 10.9 Å². The molecule has 1 N–H and O–H groups in total. The lowest BCUT2D eigenvalue weighted by molar-refractivity contribution is 0.631. The predicted molar refractivity (Wildman–Crippen MR) is 72.8 cm³/mol. The van der Waals surface area contributed by atoms with E-state index in [2.05, 4.69) is 17.2 Å². The summed E-state index contributed by atoms with van der Waals surface area (Å²) >= 11 is 1.98. The first-order valence-corrected chi connectivity index (χ1v) is 7.06. The highest BCUT2D eigenvalue weighted by Gasteiger charge is 2.29. The lowest BCUT2D eigenvalue weighted by Gasteiger charge is -2.23. The van der Waals surface area contributed by atoms with Gasteiger partial charge in [-0.1, -0.05) is 0 Å². The second-order valence-corrected chi connectivity index (χ2v) is 6.31. The van der Waals surface area contributed by atoms with Crippen LogP contribution in [0.4, 0.5) is 5.82 Å². The molecule has 0 aliphatic carbocycles. The number of nitrogens with one attached hydrogen (secondary N) is 1. The Bertz CT molecular complexity index is 438. The second-order valence-electron chi connectivity index (χ2n) is 4.62. The topological polar surface area (TPSA) is 46.9 Å². The summed E-state index contributed by atoms with van der Waals surface area (Å²) in [6.07, 6.45) is 5.88. The zero-order valence-corrected chi connectivity index (χ0v) is 11.2. The zero-order chi connectivity index (χ0) is 12.3. The fourth-order valence-corrected chi connectivity index (χ4v) is 3.31. The van der Waals surface area contributed by atoms with Crippen molar-refractivity contribution in [3.63, 3.8) is 0 Å². The molecular formula is C12H19N3OS. The Kier molecular flexibility index (Phi) is 3.76. The van der Waals surface area contributed by atoms with Crippen molar-refractivity contribution >= 4 is 17.6 Å². The molecule has 4 nitrogen and oxygen atoms in total. The van der Waals surface area contributed by atoms with Crippen molar-refractivity contribution < 1.29 is 0 Å². The Labute approximate surface area is 106 Å². The molecule has 0 amide bonds. The fraction of sp³-hybridized carbons (Fsp3) is 0.667. The fourth-order valence-electron chi connectivity index (χ4n) is 2.06. The maximum atomic E-state index is 11.9. The molecule has 1 aromatic heterocycles. The van der Waals surface area contributed by atoms with Gasteiger partial charge in [-0.05, 0) is 32.4 Å². The van der Waals surface area contributed by atoms with Crippen molar-refractivity contribution in [1.29, 1.82) is 0 Å². The molecule has 17 heavy (non-hydrogen) atoms. The van der Waals surface area contributed by atoms with Crippen LogP contribution in [0.1, 0.15) is 26.7 Å². The Balaban J connectivity index is 2.06. The highest BCUT2D eigenvalue weighted by molar-refractivity contribution is 8.00. The molecule has 5 heteroatoms. The van der Waals surface area contributed by atoms with Crippen molar-refractivity contribution in [3.05, 3.63) is 22.7 Å². The Morgan fingerprint density at radius 3 is 3.12 bits per heavy atom. The molecule has 1 saturated heterocycles. The van der Waals surface area contributed by atoms with Gasteiger partial charge in [0.25, 0.3) is 5.56 Å². The second kappa shape index (κ2) is 5.12. The van der Waals surface area contributed by atoms with E-state index in [1.54, 1.807) is 17.0 Å². The molecule has 2 rings (SSSR count). The summed E-state index contributed by atoms with van der Waals surface area (Å²) < 4.78 is 1.92. The summed E-state index contributed by atoms with van der Waals surface area (Å²) in [4.78, 5) is 16.1. The third kappa shape index (κ3) is 2.83. The number of rotatable bonds is 4. The Morgan fingerprint density at radius 1 is 1.65 bits per heavy atom. The van der Waals surface area contributed by atoms with E-state index in [9.17, 15) is 4.79 Å². The van der Waals surface area contributed by atoms with Gasteiger partial charge in [0.2, 0.25) is 0 Å². The van der Waals surface area contributed by atoms with Crippen LogP contribution in [0.5, 0.6) is 0 Å². The van der Waals surface area contributed by atoms with E-state index < -0.39 is 0 Å². The molecule has 0 saturated carbocycles. The molecule has 1 atom stereocenters. The van der Waals surface area contributed by atoms with Crippen LogP contribution in [-0.4, -0.2) is 26.6 Å². The maximum Gasteiger partial charge on any atom is 0.293 e. The first-order valence-electron chi connectivity index (χ1n) is 6.08. The lowest BCUT2D eigenvalue weighted by Crippen LogP contribution is -2.31. The van der Waals surface area contributed by atoms with Crippen LogP contribution in [0.25, 0.3) is 0 Å². The first-order chi connectivity index (χ1) is 8.14. The van der Waals surface area contributed by atoms with Crippen molar-refractivity contribution in [1.82, 2.24) is 9.55 Å². The van der Waals surface area contributed by atoms with Gasteiger partial charge in [-0.25, -0.2) is 4.98 Å². The number of hydrogen-bond acceptors (Lipinski definition) is 4. The largest absolute Gasteiger partial charge is 0.364 e. The summed E-state index contributed by atoms with van der Waals surface area (Å²) in [5.74, 6) is 1.70. The van der Waals surface area contributed by atoms with Gasteiger partial charge in [-0.3, -0.25) is 4.79 Å². The van der Waals surface area contributed by atoms with Gasteiger partial charge in [-0.15, -0.1) is 0 Å². The van der Waals surface area contributed by atoms with Crippen LogP contribution in [0.3, 0.4) is 0 Å². The molecule has 2 heterocycles. The van der Waals surface area contributed by atoms with E-state index >= 15 is 0 Å². The smallest absolute Gasteiger partial charge is 0.293 e. The van der Waals surface area contributed by atoms with Gasteiger partial charge in [0.05, 0.1) is 0 Å². The SMILES string of the molecule is CCn1ccnc(NCC2(C)CCCS2)c1=O. The summed E-state index contributed by atoms with van der Waals surface area (Å²) in [6.45, 7) is 5.70. The molecule has 1 fully saturated rings. The molecule has 1 unspecified atom stereocenters. The normalized spacial score (nSPS) is 23.9. The summed E-state index contributed by atoms with van der Waals surface area (Å²) in [5.41, 5.74) is -0.0263. The van der Waals surface area contributed by atoms with Crippen LogP contribution in [0.15, 0.2) is 17.2 Å². The third-order valence-corrected chi connectivity index (χ3v) is 4.72. The van der Waals surface area contributed by atoms with Gasteiger partial charge in [-0.2, -0.15) is 11.8 Å². The number of hydrogen-bond donors (Lipinski definition) is 1. The monoisotopic (exact) mass is 253 g/mol. The van der Waals surface area contributed by atoms with Gasteiger partial charge in [0.15, 0.2) is 5.82 Å². The minimum absolute atomic E-state index is 0.0263. The molecule has 1 aromatic rings. The summed E-state index contributed by atoms with van der Waals surface area (Å²) in [7, 11) is 0. The minimum atomic E-state index is -0.0263. The molecule has 0 bridgehead atoms. The Hall–Kier alpha value is -0.970. The quantitative estimate of drug-likeness (QED) is 0.891. The van der Waals surface area contributed by atoms with Gasteiger partial charge in [0, 0.05) is 30.2 Å². The predicted octanol–water partition coefficient (Wildman–Crippen LogP) is 1.96. The maximum absolute atomic E-state index is 11.9. The first kappa shape index (κ1) is 12.5. The Morgan fingerprint density at radius 2 is 2.47 bits per heavy atom. The number of nitrogens with zero attached hydrogens (tertiary/aromatic N) is 2. The molecule has 0 spiro atoms. The third-order valence-electron chi connectivity index (χ3n) is 3.18. The molecule has 94 valence electrons. The van der Waals surface area contributed by atoms with Crippen molar-refractivity contribution in [2.75, 3.05) is 17.6 Å². The molecular weight excluding hydrogens is 234 g/mol. The average molecular weight is 253 g/mol. The zero-order valence-electron chi connectivity index (χ0n) is 10.4. The molecule has 0 aromatic carbocycles. The number of thioether (sulfide) groups is 1. The van der Waals surface area contributed by atoms with Crippen LogP contribution >= 0.6 is 11.8 Å². The highest BCUT2D eigenvalue weighted by atomic mass is 32.2. The highest BCUT2D eigenvalue weighted by Crippen LogP contribution is 2.37. The van der Waals surface area contributed by atoms with Gasteiger partial charge in [0.1, 0.15) is 0 Å². The van der Waals surface area contributed by atoms with E-state index in [4.69, 9.17) is 0 Å². The summed E-state index contributed by atoms with van der Waals surface area (Å²) in [6, 6.07) is 0. The number of aryl methyl sites for hydroxylation is 1. The lowest BCUT2D eigenvalue weighted by atomic mass is 10.1. The minimum Gasteiger partial charge on any atom is -0.364 e. The van der Waals surface area contributed by atoms with Crippen molar-refractivity contribution in [2.24, 2.45) is 0 Å². The van der Waals surface area contributed by atoms with E-state index in [1.165, 1.54) is 18.6 Å². The van der Waals surface area contributed by atoms with E-state index in [-0.39, 0.29) is 10.3 Å². The number of aromatic nitrogens is 2. The van der Waals surface area contributed by atoms with Crippen LogP contribution in [0.2, 0.25) is 0 Å². The molecule has 0 radical (unpaired) electrons. The molecule has 1 aliphatic heterocycles. The van der Waals surface area contributed by atoms with E-state index in [0.717, 1.165) is 6.54 Å². The van der Waals surface area contributed by atoms with E-state index in [1.807, 2.05) is 18.7 Å². The van der Waals surface area contributed by atoms with E-state index in [0.29, 0.717) is 12.4 Å². The molecule has 1 aliphatic rings. The van der Waals surface area contributed by atoms with Crippen molar-refractivity contribution in [2.45, 2.75) is 38.0 Å². The van der Waals surface area contributed by atoms with Crippen LogP contribution in [-0.2, 0) is 6.54 Å². The standard InChI is InChI=1S/C12H19N3OS/c1-3-15-7-6-13-10(11(15)16)14-9-12(2)5-4-8-17-12/h6-7H,3-5,8-9H2,1-2H3,(H,13,14). The average Bonchev–Trinajstić information content (AvgIpc) is 2.75. The van der Waals surface area contributed by atoms with Gasteiger partial charge < -0.3 is 9.88 Å². The van der Waals surface area contributed by atoms with Gasteiger partial charge >= 0.3 is 0 Å². The summed E-state index contributed by atoms with van der Waals surface area (Å²) in [5, 5.41) is 3.20.